The molecule has 0 heterocycles. The van der Waals surface area contributed by atoms with Crippen LogP contribution in [0.2, 0.25) is 0 Å². The first-order valence-corrected chi connectivity index (χ1v) is 16.4. The highest BCUT2D eigenvalue weighted by Crippen LogP contribution is 2.34. The Balaban J connectivity index is 5.13. The van der Waals surface area contributed by atoms with E-state index in [2.05, 4.69) is 19.1 Å². The molecule has 0 fully saturated rings. The molecule has 7 heteroatoms. The second-order valence-corrected chi connectivity index (χ2v) is 11.6. The van der Waals surface area contributed by atoms with Crippen LogP contribution in [0.3, 0.4) is 0 Å². The van der Waals surface area contributed by atoms with Gasteiger partial charge < -0.3 is 15.3 Å². The summed E-state index contributed by atoms with van der Waals surface area (Å²) in [5, 5.41) is 30.8. The Morgan fingerprint density at radius 3 is 1.15 bits per heavy atom. The number of carboxylic acid groups (broad SMARTS) is 3. The smallest absolute Gasteiger partial charge is 0.362 e. The molecule has 0 rings (SSSR count). The summed E-state index contributed by atoms with van der Waals surface area (Å²) < 4.78 is -0.375. The van der Waals surface area contributed by atoms with E-state index < -0.39 is 36.0 Å². The average Bonchev–Trinajstić information content (AvgIpc) is 2.91. The van der Waals surface area contributed by atoms with E-state index in [-0.39, 0.29) is 30.3 Å². The summed E-state index contributed by atoms with van der Waals surface area (Å²) >= 11 is 0. The van der Waals surface area contributed by atoms with Gasteiger partial charge >= 0.3 is 17.9 Å². The number of carboxylic acids is 3. The minimum Gasteiger partial charge on any atom is -0.477 e. The zero-order valence-electron chi connectivity index (χ0n) is 26.2. The van der Waals surface area contributed by atoms with Crippen LogP contribution in [0.4, 0.5) is 0 Å². The topological polar surface area (TPSA) is 112 Å². The molecule has 0 aromatic heterocycles. The van der Waals surface area contributed by atoms with Gasteiger partial charge in [-0.25, -0.2) is 14.4 Å². The molecule has 0 bridgehead atoms. The molecular formula is C33H62NO6+. The standard InChI is InChI=1S/C33H61NO6/c1-5-9-10-11-12-13-14-15-16-17-18-19-20-21-22-23-27-34(28(24-6-2)31(35)36,29(25-7-3)32(37)38)30(26-8-4)33(39)40/h14-15,28-30H,5-13,16-27H2,1-4H3,(H2-,35,36,37,38,39,40)/p+1/b15-14+. The fourth-order valence-corrected chi connectivity index (χ4v) is 6.28. The van der Waals surface area contributed by atoms with Crippen LogP contribution in [0.25, 0.3) is 0 Å². The number of allylic oxidation sites excluding steroid dienone is 2. The maximum absolute atomic E-state index is 12.6. The third-order valence-corrected chi connectivity index (χ3v) is 8.34. The van der Waals surface area contributed by atoms with Gasteiger partial charge in [-0.15, -0.1) is 0 Å². The van der Waals surface area contributed by atoms with Crippen LogP contribution in [0.1, 0.15) is 156 Å². The first-order chi connectivity index (χ1) is 19.2. The lowest BCUT2D eigenvalue weighted by Crippen LogP contribution is -2.72. The molecule has 0 aliphatic rings. The number of hydrogen-bond acceptors (Lipinski definition) is 3. The SMILES string of the molecule is CCCCCCC/C=C/CCCCCCCCC[N+](C(CCC)C(=O)O)(C(CCC)C(=O)O)C(CCC)C(=O)O. The molecule has 0 aromatic carbocycles. The Hall–Kier alpha value is -1.89. The number of aliphatic carboxylic acids is 3. The van der Waals surface area contributed by atoms with Crippen LogP contribution in [0.5, 0.6) is 0 Å². The van der Waals surface area contributed by atoms with Gasteiger partial charge in [0.05, 0.1) is 6.54 Å². The predicted octanol–water partition coefficient (Wildman–Crippen LogP) is 8.60. The number of quaternary nitrogens is 1. The van der Waals surface area contributed by atoms with Crippen molar-refractivity contribution in [2.45, 2.75) is 174 Å². The molecule has 0 aliphatic carbocycles. The van der Waals surface area contributed by atoms with Crippen molar-refractivity contribution in [3.05, 3.63) is 12.2 Å². The predicted molar refractivity (Wildman–Crippen MR) is 164 cm³/mol. The van der Waals surface area contributed by atoms with Gasteiger partial charge in [0, 0.05) is 19.3 Å². The summed E-state index contributed by atoms with van der Waals surface area (Å²) in [6.07, 6.45) is 23.1. The normalized spacial score (nSPS) is 15.5. The molecule has 0 saturated heterocycles. The molecule has 40 heavy (non-hydrogen) atoms. The fourth-order valence-electron chi connectivity index (χ4n) is 6.28. The number of carbonyl (C=O) groups is 3. The average molecular weight is 569 g/mol. The van der Waals surface area contributed by atoms with Crippen LogP contribution >= 0.6 is 0 Å². The molecule has 0 aliphatic heterocycles. The van der Waals surface area contributed by atoms with E-state index in [4.69, 9.17) is 0 Å². The lowest BCUT2D eigenvalue weighted by Gasteiger charge is -2.50. The van der Waals surface area contributed by atoms with Crippen molar-refractivity contribution in [3.8, 4) is 0 Å². The highest BCUT2D eigenvalue weighted by Gasteiger charge is 2.56. The fraction of sp³-hybridized carbons (Fsp3) is 0.848. The highest BCUT2D eigenvalue weighted by atomic mass is 16.4. The maximum Gasteiger partial charge on any atom is 0.362 e. The van der Waals surface area contributed by atoms with Crippen LogP contribution in [0, 0.1) is 0 Å². The van der Waals surface area contributed by atoms with E-state index >= 15 is 0 Å². The van der Waals surface area contributed by atoms with Crippen molar-refractivity contribution in [3.63, 3.8) is 0 Å². The molecule has 0 aromatic rings. The Morgan fingerprint density at radius 2 is 0.825 bits per heavy atom. The quantitative estimate of drug-likeness (QED) is 0.0495. The third kappa shape index (κ3) is 14.1. The van der Waals surface area contributed by atoms with E-state index in [0.717, 1.165) is 32.1 Å². The summed E-state index contributed by atoms with van der Waals surface area (Å²) in [5.41, 5.74) is 0. The van der Waals surface area contributed by atoms with Crippen molar-refractivity contribution in [1.82, 2.24) is 0 Å². The molecule has 0 radical (unpaired) electrons. The summed E-state index contributed by atoms with van der Waals surface area (Å²) in [4.78, 5) is 37.7. The summed E-state index contributed by atoms with van der Waals surface area (Å²) in [6, 6.07) is -3.14. The van der Waals surface area contributed by atoms with Crippen molar-refractivity contribution in [1.29, 1.82) is 0 Å². The minimum atomic E-state index is -1.09. The third-order valence-electron chi connectivity index (χ3n) is 8.34. The van der Waals surface area contributed by atoms with Gasteiger partial charge in [-0.2, -0.15) is 0 Å². The second-order valence-electron chi connectivity index (χ2n) is 11.6. The molecule has 234 valence electrons. The van der Waals surface area contributed by atoms with Crippen LogP contribution in [-0.2, 0) is 14.4 Å². The van der Waals surface area contributed by atoms with E-state index in [1.165, 1.54) is 51.4 Å². The van der Waals surface area contributed by atoms with E-state index in [0.29, 0.717) is 25.7 Å². The van der Waals surface area contributed by atoms with Crippen LogP contribution in [-0.4, -0.2) is 62.4 Å². The molecule has 3 unspecified atom stereocenters. The maximum atomic E-state index is 12.6. The molecular weight excluding hydrogens is 506 g/mol. The second kappa shape index (κ2) is 23.8. The van der Waals surface area contributed by atoms with Gasteiger partial charge in [-0.3, -0.25) is 4.48 Å². The minimum absolute atomic E-state index is 0.267. The van der Waals surface area contributed by atoms with Crippen LogP contribution in [0.15, 0.2) is 12.2 Å². The Bertz CT molecular complexity index is 647. The number of hydrogen-bond donors (Lipinski definition) is 3. The molecule has 3 N–H and O–H groups in total. The number of unbranched alkanes of at least 4 members (excludes halogenated alkanes) is 12. The van der Waals surface area contributed by atoms with Crippen LogP contribution < -0.4 is 0 Å². The van der Waals surface area contributed by atoms with Crippen molar-refractivity contribution in [2.75, 3.05) is 6.54 Å². The highest BCUT2D eigenvalue weighted by molar-refractivity contribution is 5.78. The van der Waals surface area contributed by atoms with Crippen molar-refractivity contribution >= 4 is 17.9 Å². The van der Waals surface area contributed by atoms with Gasteiger partial charge in [0.15, 0.2) is 18.1 Å². The molecule has 0 amide bonds. The van der Waals surface area contributed by atoms with Gasteiger partial charge in [0.2, 0.25) is 0 Å². The summed E-state index contributed by atoms with van der Waals surface area (Å²) in [7, 11) is 0. The zero-order chi connectivity index (χ0) is 30.2. The van der Waals surface area contributed by atoms with Crippen molar-refractivity contribution in [2.24, 2.45) is 0 Å². The lowest BCUT2D eigenvalue weighted by atomic mass is 9.91. The van der Waals surface area contributed by atoms with Gasteiger partial charge in [0.1, 0.15) is 0 Å². The van der Waals surface area contributed by atoms with E-state index in [1.807, 2.05) is 20.8 Å². The van der Waals surface area contributed by atoms with Gasteiger partial charge in [-0.05, 0) is 57.8 Å². The lowest BCUT2D eigenvalue weighted by molar-refractivity contribution is -0.973. The molecule has 3 atom stereocenters. The first kappa shape index (κ1) is 38.1. The summed E-state index contributed by atoms with van der Waals surface area (Å²) in [6.45, 7) is 8.14. The van der Waals surface area contributed by atoms with Gasteiger partial charge in [-0.1, -0.05) is 91.2 Å². The zero-order valence-corrected chi connectivity index (χ0v) is 26.2. The Kier molecular flexibility index (Phi) is 22.7. The largest absolute Gasteiger partial charge is 0.477 e. The van der Waals surface area contributed by atoms with Gasteiger partial charge in [0.25, 0.3) is 0 Å². The first-order valence-electron chi connectivity index (χ1n) is 16.4. The number of rotatable bonds is 28. The molecule has 0 saturated carbocycles. The van der Waals surface area contributed by atoms with Crippen molar-refractivity contribution < 1.29 is 34.2 Å². The Morgan fingerprint density at radius 1 is 0.500 bits per heavy atom. The molecule has 0 spiro atoms. The van der Waals surface area contributed by atoms with E-state index in [9.17, 15) is 29.7 Å². The molecule has 7 nitrogen and oxygen atoms in total. The summed E-state index contributed by atoms with van der Waals surface area (Å²) in [5.74, 6) is -3.26. The van der Waals surface area contributed by atoms with E-state index in [1.54, 1.807) is 0 Å². The monoisotopic (exact) mass is 568 g/mol. The Labute approximate surface area is 245 Å². The number of nitrogens with zero attached hydrogens (tertiary/aromatic N) is 1.